The van der Waals surface area contributed by atoms with E-state index in [0.717, 1.165) is 78.1 Å². The standard InChI is InChI=1S/C37H41ClN6O4/c1-21-26(29(43-16-12-37(5,6)13-17-43)27(32(38)42-21)30(35(45)46)48-36(2,3)4)23-9-10-24-19-44(15-11-22(24)18-23)33-31-28(40-20-41-33)25-8-7-14-39-34(25)47-31/h7-10,14,18,20,30H,11-13,15-17,19H2,1-6H3,(H,45,46)/t30-/m0/s1. The number of nitrogens with zero attached hydrogens (tertiary/aromatic N) is 6. The van der Waals surface area contributed by atoms with Crippen LogP contribution in [0, 0.1) is 12.3 Å². The summed E-state index contributed by atoms with van der Waals surface area (Å²) in [4.78, 5) is 35.6. The van der Waals surface area contributed by atoms with E-state index in [-0.39, 0.29) is 10.6 Å². The van der Waals surface area contributed by atoms with Gasteiger partial charge < -0.3 is 24.1 Å². The van der Waals surface area contributed by atoms with Crippen LogP contribution in [0.3, 0.4) is 0 Å². The summed E-state index contributed by atoms with van der Waals surface area (Å²) in [6, 6.07) is 10.3. The molecule has 0 aliphatic carbocycles. The lowest BCUT2D eigenvalue weighted by Gasteiger charge is -2.41. The van der Waals surface area contributed by atoms with Crippen LogP contribution in [-0.4, -0.2) is 56.2 Å². The highest BCUT2D eigenvalue weighted by molar-refractivity contribution is 6.31. The molecule has 1 fully saturated rings. The summed E-state index contributed by atoms with van der Waals surface area (Å²) in [5.74, 6) is -0.337. The van der Waals surface area contributed by atoms with Crippen LogP contribution in [0.4, 0.5) is 11.5 Å². The number of hydrogen-bond donors (Lipinski definition) is 1. The number of anilines is 2. The maximum absolute atomic E-state index is 12.8. The summed E-state index contributed by atoms with van der Waals surface area (Å²) < 4.78 is 12.3. The summed E-state index contributed by atoms with van der Waals surface area (Å²) in [7, 11) is 0. The highest BCUT2D eigenvalue weighted by Crippen LogP contribution is 2.46. The van der Waals surface area contributed by atoms with Crippen LogP contribution in [0.5, 0.6) is 0 Å². The normalized spacial score (nSPS) is 17.1. The highest BCUT2D eigenvalue weighted by Gasteiger charge is 2.37. The smallest absolute Gasteiger partial charge is 0.337 e. The number of carboxylic acids is 1. The number of piperidine rings is 1. The van der Waals surface area contributed by atoms with Crippen LogP contribution >= 0.6 is 11.6 Å². The first-order valence-electron chi connectivity index (χ1n) is 16.5. The Morgan fingerprint density at radius 1 is 1.06 bits per heavy atom. The largest absolute Gasteiger partial charge is 0.479 e. The molecule has 1 atom stereocenters. The van der Waals surface area contributed by atoms with Crippen molar-refractivity contribution in [2.45, 2.75) is 79.1 Å². The van der Waals surface area contributed by atoms with E-state index in [1.807, 2.05) is 39.8 Å². The van der Waals surface area contributed by atoms with Crippen molar-refractivity contribution in [2.75, 3.05) is 29.4 Å². The summed E-state index contributed by atoms with van der Waals surface area (Å²) >= 11 is 6.89. The maximum atomic E-state index is 12.8. The molecular weight excluding hydrogens is 628 g/mol. The molecule has 1 N–H and O–H groups in total. The Balaban J connectivity index is 1.30. The van der Waals surface area contributed by atoms with Gasteiger partial charge in [0.2, 0.25) is 5.71 Å². The van der Waals surface area contributed by atoms with Crippen molar-refractivity contribution in [3.63, 3.8) is 0 Å². The molecule has 0 bridgehead atoms. The molecule has 11 heteroatoms. The van der Waals surface area contributed by atoms with Crippen molar-refractivity contribution in [3.05, 3.63) is 70.4 Å². The van der Waals surface area contributed by atoms with E-state index in [0.29, 0.717) is 23.4 Å². The number of carboxylic acid groups (broad SMARTS) is 1. The minimum atomic E-state index is -1.28. The van der Waals surface area contributed by atoms with Gasteiger partial charge >= 0.3 is 5.97 Å². The van der Waals surface area contributed by atoms with E-state index in [4.69, 9.17) is 25.7 Å². The Bertz CT molecular complexity index is 2040. The number of benzene rings is 1. The third kappa shape index (κ3) is 5.96. The molecule has 2 aliphatic heterocycles. The van der Waals surface area contributed by atoms with Gasteiger partial charge in [-0.25, -0.2) is 24.7 Å². The maximum Gasteiger partial charge on any atom is 0.337 e. The molecule has 1 aromatic carbocycles. The molecule has 0 spiro atoms. The highest BCUT2D eigenvalue weighted by atomic mass is 35.5. The molecule has 0 unspecified atom stereocenters. The van der Waals surface area contributed by atoms with Gasteiger partial charge in [0.15, 0.2) is 17.5 Å². The van der Waals surface area contributed by atoms with Crippen molar-refractivity contribution in [3.8, 4) is 11.1 Å². The van der Waals surface area contributed by atoms with E-state index in [1.165, 1.54) is 11.1 Å². The zero-order valence-electron chi connectivity index (χ0n) is 28.3. The van der Waals surface area contributed by atoms with E-state index in [9.17, 15) is 9.90 Å². The van der Waals surface area contributed by atoms with Gasteiger partial charge in [0.05, 0.1) is 22.2 Å². The van der Waals surface area contributed by atoms with Gasteiger partial charge in [0, 0.05) is 43.6 Å². The summed E-state index contributed by atoms with van der Waals surface area (Å²) in [5, 5.41) is 11.5. The summed E-state index contributed by atoms with van der Waals surface area (Å²) in [5.41, 5.74) is 7.69. The van der Waals surface area contributed by atoms with Crippen molar-refractivity contribution >= 4 is 51.3 Å². The lowest BCUT2D eigenvalue weighted by molar-refractivity contribution is -0.160. The average molecular weight is 669 g/mol. The first-order chi connectivity index (χ1) is 22.8. The van der Waals surface area contributed by atoms with Gasteiger partial charge in [-0.2, -0.15) is 0 Å². The van der Waals surface area contributed by atoms with Crippen molar-refractivity contribution in [1.29, 1.82) is 0 Å². The Morgan fingerprint density at radius 2 is 1.83 bits per heavy atom. The molecule has 2 aliphatic rings. The van der Waals surface area contributed by atoms with E-state index in [2.05, 4.69) is 56.8 Å². The van der Waals surface area contributed by atoms with Crippen molar-refractivity contribution < 1.29 is 19.1 Å². The number of aromatic nitrogens is 4. The minimum Gasteiger partial charge on any atom is -0.479 e. The number of furan rings is 1. The topological polar surface area (TPSA) is 118 Å². The van der Waals surface area contributed by atoms with Gasteiger partial charge in [0.1, 0.15) is 17.0 Å². The third-order valence-electron chi connectivity index (χ3n) is 9.55. The number of pyridine rings is 2. The Hall–Kier alpha value is -4.28. The number of rotatable bonds is 6. The fourth-order valence-electron chi connectivity index (χ4n) is 7.01. The molecule has 5 aromatic rings. The molecular formula is C37H41ClN6O4. The number of aryl methyl sites for hydroxylation is 1. The Morgan fingerprint density at radius 3 is 2.56 bits per heavy atom. The molecule has 1 saturated heterocycles. The predicted octanol–water partition coefficient (Wildman–Crippen LogP) is 7.92. The van der Waals surface area contributed by atoms with E-state index in [1.54, 1.807) is 12.5 Å². The SMILES string of the molecule is Cc1nc(Cl)c([C@H](OC(C)(C)C)C(=O)O)c(N2CCC(C)(C)CC2)c1-c1ccc2c(c1)CCN(c1ncnc3c1oc1ncccc13)C2. The average Bonchev–Trinajstić information content (AvgIpc) is 3.42. The van der Waals surface area contributed by atoms with Crippen LogP contribution in [-0.2, 0) is 22.5 Å². The zero-order chi connectivity index (χ0) is 34.0. The number of aliphatic carboxylic acids is 1. The fourth-order valence-corrected chi connectivity index (χ4v) is 7.32. The number of fused-ring (bicyclic) bond motifs is 4. The predicted molar refractivity (Wildman–Crippen MR) is 188 cm³/mol. The zero-order valence-corrected chi connectivity index (χ0v) is 29.1. The van der Waals surface area contributed by atoms with Gasteiger partial charge in [-0.15, -0.1) is 0 Å². The molecule has 6 heterocycles. The number of hydrogen-bond acceptors (Lipinski definition) is 9. The van der Waals surface area contributed by atoms with Crippen LogP contribution < -0.4 is 9.80 Å². The molecule has 48 heavy (non-hydrogen) atoms. The lowest BCUT2D eigenvalue weighted by Crippen LogP contribution is -2.39. The number of carbonyl (C=O) groups is 1. The molecule has 0 amide bonds. The summed E-state index contributed by atoms with van der Waals surface area (Å²) in [6.45, 7) is 15.0. The quantitative estimate of drug-likeness (QED) is 0.179. The molecule has 250 valence electrons. The molecule has 10 nitrogen and oxygen atoms in total. The second-order valence-electron chi connectivity index (χ2n) is 14.7. The van der Waals surface area contributed by atoms with Gasteiger partial charge in [-0.1, -0.05) is 43.6 Å². The fraction of sp³-hybridized carbons (Fsp3) is 0.432. The van der Waals surface area contributed by atoms with E-state index >= 15 is 0 Å². The van der Waals surface area contributed by atoms with Crippen LogP contribution in [0.1, 0.15) is 75.9 Å². The first-order valence-corrected chi connectivity index (χ1v) is 16.9. The minimum absolute atomic E-state index is 0.165. The van der Waals surface area contributed by atoms with E-state index < -0.39 is 17.7 Å². The van der Waals surface area contributed by atoms with Gasteiger partial charge in [-0.05, 0) is 81.2 Å². The third-order valence-corrected chi connectivity index (χ3v) is 9.84. The number of ether oxygens (including phenoxy) is 1. The van der Waals surface area contributed by atoms with Gasteiger partial charge in [-0.3, -0.25) is 0 Å². The molecule has 4 aromatic heterocycles. The Kier molecular flexibility index (Phi) is 8.07. The summed E-state index contributed by atoms with van der Waals surface area (Å²) in [6.07, 6.45) is 4.76. The first kappa shape index (κ1) is 32.3. The van der Waals surface area contributed by atoms with Crippen molar-refractivity contribution in [2.24, 2.45) is 5.41 Å². The van der Waals surface area contributed by atoms with Crippen LogP contribution in [0.25, 0.3) is 33.3 Å². The van der Waals surface area contributed by atoms with Gasteiger partial charge in [0.25, 0.3) is 0 Å². The Labute approximate surface area is 285 Å². The monoisotopic (exact) mass is 668 g/mol. The van der Waals surface area contributed by atoms with Crippen LogP contribution in [0.2, 0.25) is 5.15 Å². The molecule has 0 saturated carbocycles. The molecule has 0 radical (unpaired) electrons. The second-order valence-corrected chi connectivity index (χ2v) is 15.1. The second kappa shape index (κ2) is 12.0. The van der Waals surface area contributed by atoms with Crippen LogP contribution in [0.15, 0.2) is 47.3 Å². The van der Waals surface area contributed by atoms with Crippen molar-refractivity contribution in [1.82, 2.24) is 19.9 Å². The number of halogens is 1. The lowest BCUT2D eigenvalue weighted by atomic mass is 9.82. The molecule has 7 rings (SSSR count).